The molecule has 0 atom stereocenters. The maximum absolute atomic E-state index is 12.5. The lowest BCUT2D eigenvalue weighted by atomic mass is 10.1. The van der Waals surface area contributed by atoms with Crippen LogP contribution < -0.4 is 10.9 Å². The van der Waals surface area contributed by atoms with Gasteiger partial charge in [0, 0.05) is 31.7 Å². The number of nitrogens with zero attached hydrogens (tertiary/aromatic N) is 1. The van der Waals surface area contributed by atoms with E-state index in [2.05, 4.69) is 27.3 Å². The number of amides is 1. The topological polar surface area (TPSA) is 74.4 Å². The summed E-state index contributed by atoms with van der Waals surface area (Å²) in [6, 6.07) is 17.2. The molecule has 144 valence electrons. The summed E-state index contributed by atoms with van der Waals surface area (Å²) in [6.07, 6.45) is 0. The monoisotopic (exact) mass is 377 g/mol. The molecule has 1 aromatic heterocycles. The van der Waals surface area contributed by atoms with Crippen LogP contribution in [0.25, 0.3) is 10.9 Å². The Morgan fingerprint density at radius 3 is 2.54 bits per heavy atom. The van der Waals surface area contributed by atoms with E-state index in [1.54, 1.807) is 6.07 Å². The summed E-state index contributed by atoms with van der Waals surface area (Å²) < 4.78 is 5.37. The van der Waals surface area contributed by atoms with Crippen LogP contribution in [0.2, 0.25) is 0 Å². The van der Waals surface area contributed by atoms with Gasteiger partial charge in [-0.1, -0.05) is 42.5 Å². The van der Waals surface area contributed by atoms with Gasteiger partial charge in [-0.25, -0.2) is 0 Å². The lowest BCUT2D eigenvalue weighted by Crippen LogP contribution is -2.35. The van der Waals surface area contributed by atoms with Crippen molar-refractivity contribution in [1.82, 2.24) is 15.2 Å². The third-order valence-electron chi connectivity index (χ3n) is 4.98. The Bertz CT molecular complexity index is 1020. The largest absolute Gasteiger partial charge is 0.379 e. The van der Waals surface area contributed by atoms with Gasteiger partial charge in [0.05, 0.1) is 13.2 Å². The molecule has 1 aliphatic rings. The molecule has 1 amide bonds. The molecule has 1 saturated heterocycles. The van der Waals surface area contributed by atoms with Crippen molar-refractivity contribution in [2.24, 2.45) is 0 Å². The molecule has 4 rings (SSSR count). The fourth-order valence-corrected chi connectivity index (χ4v) is 3.37. The Hall–Kier alpha value is -2.96. The van der Waals surface area contributed by atoms with E-state index in [-0.39, 0.29) is 17.0 Å². The molecule has 3 aromatic rings. The van der Waals surface area contributed by atoms with Crippen molar-refractivity contribution < 1.29 is 9.53 Å². The number of hydrogen-bond acceptors (Lipinski definition) is 4. The first kappa shape index (κ1) is 18.4. The number of nitrogens with one attached hydrogen (secondary N) is 2. The number of fused-ring (bicyclic) bond motifs is 1. The first-order valence-electron chi connectivity index (χ1n) is 9.47. The predicted molar refractivity (Wildman–Crippen MR) is 108 cm³/mol. The summed E-state index contributed by atoms with van der Waals surface area (Å²) in [5.74, 6) is -0.371. The molecular weight excluding hydrogens is 354 g/mol. The zero-order valence-electron chi connectivity index (χ0n) is 15.6. The van der Waals surface area contributed by atoms with Gasteiger partial charge in [-0.15, -0.1) is 0 Å². The molecule has 6 nitrogen and oxygen atoms in total. The van der Waals surface area contributed by atoms with Crippen LogP contribution in [0, 0.1) is 0 Å². The highest BCUT2D eigenvalue weighted by molar-refractivity contribution is 5.97. The van der Waals surface area contributed by atoms with Crippen LogP contribution in [0.15, 0.2) is 59.4 Å². The van der Waals surface area contributed by atoms with Gasteiger partial charge in [0.25, 0.3) is 11.5 Å². The summed E-state index contributed by atoms with van der Waals surface area (Å²) in [7, 11) is 0. The van der Waals surface area contributed by atoms with E-state index < -0.39 is 0 Å². The molecule has 0 radical (unpaired) electrons. The second kappa shape index (κ2) is 8.37. The Kier molecular flexibility index (Phi) is 5.50. The average Bonchev–Trinajstić information content (AvgIpc) is 2.73. The molecular formula is C22H23N3O3. The van der Waals surface area contributed by atoms with E-state index in [0.717, 1.165) is 49.3 Å². The van der Waals surface area contributed by atoms with Gasteiger partial charge in [0.15, 0.2) is 0 Å². The van der Waals surface area contributed by atoms with Gasteiger partial charge in [-0.2, -0.15) is 0 Å². The first-order chi connectivity index (χ1) is 13.7. The Morgan fingerprint density at radius 1 is 1.04 bits per heavy atom. The van der Waals surface area contributed by atoms with Crippen LogP contribution in [0.1, 0.15) is 21.5 Å². The fourth-order valence-electron chi connectivity index (χ4n) is 3.37. The zero-order valence-corrected chi connectivity index (χ0v) is 15.6. The maximum atomic E-state index is 12.5. The lowest BCUT2D eigenvalue weighted by molar-refractivity contribution is 0.0342. The van der Waals surface area contributed by atoms with Crippen molar-refractivity contribution in [3.63, 3.8) is 0 Å². The molecule has 0 unspecified atom stereocenters. The minimum atomic E-state index is -0.378. The van der Waals surface area contributed by atoms with Crippen molar-refractivity contribution in [3.8, 4) is 0 Å². The minimum absolute atomic E-state index is 0.127. The number of H-pyrrole nitrogens is 1. The summed E-state index contributed by atoms with van der Waals surface area (Å²) >= 11 is 0. The smallest absolute Gasteiger partial charge is 0.261 e. The number of para-hydroxylation sites is 1. The number of morpholine rings is 1. The highest BCUT2D eigenvalue weighted by Gasteiger charge is 2.12. The van der Waals surface area contributed by atoms with Crippen molar-refractivity contribution in [3.05, 3.63) is 81.6 Å². The number of pyridine rings is 1. The average molecular weight is 377 g/mol. The van der Waals surface area contributed by atoms with Crippen LogP contribution >= 0.6 is 0 Å². The predicted octanol–water partition coefficient (Wildman–Crippen LogP) is 2.29. The molecule has 0 aliphatic carbocycles. The van der Waals surface area contributed by atoms with Crippen LogP contribution in [-0.4, -0.2) is 42.1 Å². The van der Waals surface area contributed by atoms with Gasteiger partial charge >= 0.3 is 0 Å². The standard InChI is InChI=1S/C22H23N3O3/c26-21(19-13-18-3-1-2-4-20(18)24-22(19)27)23-14-16-5-7-17(8-6-16)15-25-9-11-28-12-10-25/h1-8,13H,9-12,14-15H2,(H,23,26)(H,24,27). The van der Waals surface area contributed by atoms with Crippen LogP contribution in [0.5, 0.6) is 0 Å². The summed E-state index contributed by atoms with van der Waals surface area (Å²) in [5, 5.41) is 3.67. The van der Waals surface area contributed by atoms with Crippen LogP contribution in [0.4, 0.5) is 0 Å². The number of carbonyl (C=O) groups excluding carboxylic acids is 1. The van der Waals surface area contributed by atoms with E-state index in [9.17, 15) is 9.59 Å². The molecule has 2 heterocycles. The van der Waals surface area contributed by atoms with Crippen LogP contribution in [0.3, 0.4) is 0 Å². The second-order valence-corrected chi connectivity index (χ2v) is 6.99. The number of aromatic nitrogens is 1. The Balaban J connectivity index is 1.38. The number of aromatic amines is 1. The van der Waals surface area contributed by atoms with Crippen molar-refractivity contribution in [2.45, 2.75) is 13.1 Å². The SMILES string of the molecule is O=C(NCc1ccc(CN2CCOCC2)cc1)c1cc2ccccc2[nH]c1=O. The number of carbonyl (C=O) groups is 1. The third-order valence-corrected chi connectivity index (χ3v) is 4.98. The number of hydrogen-bond donors (Lipinski definition) is 2. The first-order valence-corrected chi connectivity index (χ1v) is 9.47. The van der Waals surface area contributed by atoms with E-state index in [4.69, 9.17) is 4.74 Å². The molecule has 0 saturated carbocycles. The molecule has 0 bridgehead atoms. The molecule has 1 aliphatic heterocycles. The lowest BCUT2D eigenvalue weighted by Gasteiger charge is -2.26. The van der Waals surface area contributed by atoms with Gasteiger partial charge in [0.2, 0.25) is 0 Å². The molecule has 6 heteroatoms. The van der Waals surface area contributed by atoms with E-state index >= 15 is 0 Å². The van der Waals surface area contributed by atoms with Crippen molar-refractivity contribution >= 4 is 16.8 Å². The fraction of sp³-hybridized carbons (Fsp3) is 0.273. The van der Waals surface area contributed by atoms with Gasteiger partial charge in [-0.3, -0.25) is 14.5 Å². The number of rotatable bonds is 5. The third kappa shape index (κ3) is 4.30. The van der Waals surface area contributed by atoms with Gasteiger partial charge in [-0.05, 0) is 28.6 Å². The summed E-state index contributed by atoms with van der Waals surface area (Å²) in [6.45, 7) is 4.78. The van der Waals surface area contributed by atoms with Crippen molar-refractivity contribution in [1.29, 1.82) is 0 Å². The zero-order chi connectivity index (χ0) is 19.3. The molecule has 28 heavy (non-hydrogen) atoms. The number of ether oxygens (including phenoxy) is 1. The normalized spacial score (nSPS) is 14.9. The van der Waals surface area contributed by atoms with E-state index in [1.165, 1.54) is 5.56 Å². The minimum Gasteiger partial charge on any atom is -0.379 e. The van der Waals surface area contributed by atoms with Crippen molar-refractivity contribution in [2.75, 3.05) is 26.3 Å². The quantitative estimate of drug-likeness (QED) is 0.715. The molecule has 2 aromatic carbocycles. The molecule has 0 spiro atoms. The Morgan fingerprint density at radius 2 is 1.75 bits per heavy atom. The van der Waals surface area contributed by atoms with Gasteiger partial charge < -0.3 is 15.0 Å². The second-order valence-electron chi connectivity index (χ2n) is 6.99. The van der Waals surface area contributed by atoms with E-state index in [1.807, 2.05) is 36.4 Å². The van der Waals surface area contributed by atoms with Crippen LogP contribution in [-0.2, 0) is 17.8 Å². The van der Waals surface area contributed by atoms with Gasteiger partial charge in [0.1, 0.15) is 5.56 Å². The summed E-state index contributed by atoms with van der Waals surface area (Å²) in [5.41, 5.74) is 2.71. The molecule has 1 fully saturated rings. The van der Waals surface area contributed by atoms with E-state index in [0.29, 0.717) is 6.54 Å². The Labute approximate surface area is 163 Å². The summed E-state index contributed by atoms with van der Waals surface area (Å²) in [4.78, 5) is 29.8. The highest BCUT2D eigenvalue weighted by atomic mass is 16.5. The molecule has 2 N–H and O–H groups in total. The maximum Gasteiger partial charge on any atom is 0.261 e. The number of benzene rings is 2. The highest BCUT2D eigenvalue weighted by Crippen LogP contribution is 2.11.